The zero-order valence-electron chi connectivity index (χ0n) is 22.7. The molecular weight excluding hydrogens is 426 g/mol. The fraction of sp³-hybridized carbons (Fsp3) is 0.281. The van der Waals surface area contributed by atoms with Crippen molar-refractivity contribution in [1.29, 1.82) is 5.41 Å². The molecule has 1 heterocycles. The second-order valence-corrected chi connectivity index (χ2v) is 7.51. The average Bonchev–Trinajstić information content (AvgIpc) is 2.89. The maximum absolute atomic E-state index is 5.50. The molecule has 0 amide bonds. The monoisotopic (exact) mass is 473 g/mol. The van der Waals surface area contributed by atoms with Crippen molar-refractivity contribution in [3.05, 3.63) is 122 Å². The molecule has 2 aromatic rings. The first kappa shape index (κ1) is 33.6. The lowest BCUT2D eigenvalue weighted by molar-refractivity contribution is 0.472. The standard InChI is InChI=1S/C21H22N2.C4H10.2C3H6.CH3N/c1-3-18-8-6-9-21(15-18)22-20-12-10-19(11-13-20)16-23-14-5-4-7-17(23)2;1-3-4-2;2*1-3-2;1-2/h4-15,22H,2-3,16H2,1H3;3-4H2,1-2H3;2*3H,1H2,2H3;2H,1H2. The van der Waals surface area contributed by atoms with Crippen molar-refractivity contribution in [3.63, 3.8) is 0 Å². The van der Waals surface area contributed by atoms with Gasteiger partial charge in [-0.15, -0.1) is 13.2 Å². The number of aryl methyl sites for hydroxylation is 1. The van der Waals surface area contributed by atoms with E-state index in [0.29, 0.717) is 0 Å². The first-order valence-corrected chi connectivity index (χ1v) is 12.2. The lowest BCUT2D eigenvalue weighted by Gasteiger charge is -2.22. The first-order valence-electron chi connectivity index (χ1n) is 12.2. The van der Waals surface area contributed by atoms with Gasteiger partial charge in [0.15, 0.2) is 0 Å². The van der Waals surface area contributed by atoms with Crippen LogP contribution in [0.5, 0.6) is 0 Å². The molecule has 0 atom stereocenters. The topological polar surface area (TPSA) is 39.1 Å². The molecule has 2 aromatic carbocycles. The largest absolute Gasteiger partial charge is 0.356 e. The van der Waals surface area contributed by atoms with Crippen molar-refractivity contribution in [2.75, 3.05) is 5.32 Å². The number of anilines is 2. The highest BCUT2D eigenvalue weighted by Crippen LogP contribution is 2.20. The molecule has 2 N–H and O–H groups in total. The van der Waals surface area contributed by atoms with Crippen LogP contribution in [0.3, 0.4) is 0 Å². The van der Waals surface area contributed by atoms with E-state index < -0.39 is 0 Å². The Labute approximate surface area is 215 Å². The number of nitrogens with zero attached hydrogens (tertiary/aromatic N) is 1. The molecule has 0 saturated carbocycles. The van der Waals surface area contributed by atoms with Gasteiger partial charge in [0, 0.05) is 29.8 Å². The summed E-state index contributed by atoms with van der Waals surface area (Å²) in [6, 6.07) is 17.1. The van der Waals surface area contributed by atoms with E-state index in [1.807, 2.05) is 32.1 Å². The number of rotatable bonds is 6. The Hall–Kier alpha value is -3.59. The normalized spacial score (nSPS) is 10.5. The summed E-state index contributed by atoms with van der Waals surface area (Å²) in [7, 11) is 0. The number of unbranched alkanes of at least 4 members (excludes halogenated alkanes) is 1. The van der Waals surface area contributed by atoms with Crippen LogP contribution in [0.15, 0.2) is 111 Å². The van der Waals surface area contributed by atoms with Gasteiger partial charge in [0.25, 0.3) is 0 Å². The van der Waals surface area contributed by atoms with Crippen molar-refractivity contribution in [1.82, 2.24) is 4.90 Å². The third-order valence-electron chi connectivity index (χ3n) is 4.47. The lowest BCUT2D eigenvalue weighted by atomic mass is 10.1. The minimum Gasteiger partial charge on any atom is -0.356 e. The summed E-state index contributed by atoms with van der Waals surface area (Å²) < 4.78 is 0. The van der Waals surface area contributed by atoms with Gasteiger partial charge >= 0.3 is 0 Å². The third-order valence-corrected chi connectivity index (χ3v) is 4.47. The van der Waals surface area contributed by atoms with Crippen molar-refractivity contribution >= 4 is 18.1 Å². The van der Waals surface area contributed by atoms with Crippen LogP contribution in [0.25, 0.3) is 0 Å². The maximum Gasteiger partial charge on any atom is 0.0475 e. The van der Waals surface area contributed by atoms with Gasteiger partial charge in [-0.3, -0.25) is 0 Å². The van der Waals surface area contributed by atoms with Gasteiger partial charge in [0.05, 0.1) is 0 Å². The number of hydrogen-bond acceptors (Lipinski definition) is 3. The highest BCUT2D eigenvalue weighted by molar-refractivity contribution is 5.60. The summed E-state index contributed by atoms with van der Waals surface area (Å²) >= 11 is 0. The lowest BCUT2D eigenvalue weighted by Crippen LogP contribution is -2.15. The van der Waals surface area contributed by atoms with E-state index in [1.54, 1.807) is 12.2 Å². The smallest absolute Gasteiger partial charge is 0.0475 e. The van der Waals surface area contributed by atoms with E-state index in [1.165, 1.54) is 24.0 Å². The summed E-state index contributed by atoms with van der Waals surface area (Å²) in [6.45, 7) is 24.4. The fourth-order valence-corrected chi connectivity index (χ4v) is 2.59. The van der Waals surface area contributed by atoms with E-state index in [4.69, 9.17) is 5.41 Å². The summed E-state index contributed by atoms with van der Waals surface area (Å²) in [6.07, 6.45) is 15.3. The van der Waals surface area contributed by atoms with Gasteiger partial charge in [-0.05, 0) is 74.5 Å². The zero-order valence-corrected chi connectivity index (χ0v) is 22.7. The molecule has 0 fully saturated rings. The number of hydrogen-bond donors (Lipinski definition) is 2. The Kier molecular flexibility index (Phi) is 22.6. The molecule has 35 heavy (non-hydrogen) atoms. The van der Waals surface area contributed by atoms with Crippen molar-refractivity contribution in [2.24, 2.45) is 0 Å². The van der Waals surface area contributed by atoms with Crippen LogP contribution >= 0.6 is 0 Å². The number of allylic oxidation sites excluding steroid dienone is 5. The molecule has 0 spiro atoms. The van der Waals surface area contributed by atoms with Gasteiger partial charge in [0.2, 0.25) is 0 Å². The van der Waals surface area contributed by atoms with Crippen LogP contribution in [0.1, 0.15) is 58.6 Å². The van der Waals surface area contributed by atoms with Gasteiger partial charge in [-0.2, -0.15) is 0 Å². The van der Waals surface area contributed by atoms with Gasteiger partial charge in [-0.1, -0.05) is 82.7 Å². The minimum absolute atomic E-state index is 0.839. The van der Waals surface area contributed by atoms with E-state index in [2.05, 4.69) is 112 Å². The Morgan fingerprint density at radius 2 is 1.40 bits per heavy atom. The van der Waals surface area contributed by atoms with Crippen molar-refractivity contribution < 1.29 is 0 Å². The number of nitrogens with one attached hydrogen (secondary N) is 2. The average molecular weight is 474 g/mol. The molecule has 3 heteroatoms. The van der Waals surface area contributed by atoms with Crippen LogP contribution in [0.4, 0.5) is 11.4 Å². The van der Waals surface area contributed by atoms with E-state index in [-0.39, 0.29) is 0 Å². The van der Waals surface area contributed by atoms with Crippen LogP contribution in [-0.4, -0.2) is 11.6 Å². The van der Waals surface area contributed by atoms with E-state index >= 15 is 0 Å². The molecule has 1 aliphatic heterocycles. The second kappa shape index (κ2) is 23.6. The molecule has 0 aromatic heterocycles. The predicted molar refractivity (Wildman–Crippen MR) is 161 cm³/mol. The minimum atomic E-state index is 0.839. The molecule has 0 aliphatic carbocycles. The Morgan fingerprint density at radius 1 is 0.829 bits per heavy atom. The molecule has 1 aliphatic rings. The van der Waals surface area contributed by atoms with Crippen LogP contribution in [0.2, 0.25) is 0 Å². The van der Waals surface area contributed by atoms with Crippen molar-refractivity contribution in [3.8, 4) is 0 Å². The highest BCUT2D eigenvalue weighted by atomic mass is 15.1. The Morgan fingerprint density at radius 3 is 1.89 bits per heavy atom. The van der Waals surface area contributed by atoms with Crippen LogP contribution < -0.4 is 5.32 Å². The first-order chi connectivity index (χ1) is 17.0. The van der Waals surface area contributed by atoms with Gasteiger partial charge < -0.3 is 15.6 Å². The van der Waals surface area contributed by atoms with Crippen molar-refractivity contribution in [2.45, 2.75) is 60.4 Å². The molecule has 0 unspecified atom stereocenters. The van der Waals surface area contributed by atoms with Gasteiger partial charge in [-0.25, -0.2) is 0 Å². The Bertz CT molecular complexity index is 868. The maximum atomic E-state index is 5.50. The van der Waals surface area contributed by atoms with Gasteiger partial charge in [0.1, 0.15) is 0 Å². The molecule has 0 radical (unpaired) electrons. The summed E-state index contributed by atoms with van der Waals surface area (Å²) in [5, 5.41) is 8.96. The van der Waals surface area contributed by atoms with E-state index in [0.717, 1.165) is 30.0 Å². The summed E-state index contributed by atoms with van der Waals surface area (Å²) in [4.78, 5) is 2.15. The summed E-state index contributed by atoms with van der Waals surface area (Å²) in [5.74, 6) is 0. The van der Waals surface area contributed by atoms with Crippen LogP contribution in [0, 0.1) is 5.41 Å². The second-order valence-electron chi connectivity index (χ2n) is 7.51. The SMILES string of the molecule is C=C1C=CC=CN1Cc1ccc(Nc2cccc(CC)c2)cc1.C=CC.C=CC.C=N.CCCC. The highest BCUT2D eigenvalue weighted by Gasteiger charge is 2.05. The summed E-state index contributed by atoms with van der Waals surface area (Å²) in [5.41, 5.74) is 5.87. The quantitative estimate of drug-likeness (QED) is 0.323. The molecule has 3 nitrogen and oxygen atoms in total. The molecule has 3 rings (SSSR count). The fourth-order valence-electron chi connectivity index (χ4n) is 2.59. The number of benzene rings is 2. The Balaban J connectivity index is 0. The zero-order chi connectivity index (χ0) is 26.9. The third kappa shape index (κ3) is 16.6. The van der Waals surface area contributed by atoms with Crippen LogP contribution in [-0.2, 0) is 13.0 Å². The predicted octanol–water partition coefficient (Wildman–Crippen LogP) is 9.85. The molecule has 190 valence electrons. The molecule has 0 bridgehead atoms. The molecular formula is C32H47N3. The van der Waals surface area contributed by atoms with E-state index in [9.17, 15) is 0 Å². The molecule has 0 saturated heterocycles.